The number of nitrogens with zero attached hydrogens (tertiary/aromatic N) is 1. The summed E-state index contributed by atoms with van der Waals surface area (Å²) >= 11 is 0. The minimum atomic E-state index is -1.44. The second-order valence-electron chi connectivity index (χ2n) is 5.24. The maximum Gasteiger partial charge on any atom is 0.511 e. The molecule has 6 heteroatoms. The number of aryl methyl sites for hydroxylation is 1. The molecule has 6 nitrogen and oxygen atoms in total. The van der Waals surface area contributed by atoms with Crippen molar-refractivity contribution in [2.75, 3.05) is 0 Å². The number of carboxylic acids is 1. The Labute approximate surface area is 137 Å². The Morgan fingerprint density at radius 3 is 2.50 bits per heavy atom. The molecule has 0 unspecified atom stereocenters. The van der Waals surface area contributed by atoms with Gasteiger partial charge in [-0.05, 0) is 25.1 Å². The number of carboxylic acid groups (broad SMARTS) is 2. The summed E-state index contributed by atoms with van der Waals surface area (Å²) in [7, 11) is 0. The average Bonchev–Trinajstić information content (AvgIpc) is 2.54. The Kier molecular flexibility index (Phi) is 3.87. The summed E-state index contributed by atoms with van der Waals surface area (Å²) in [5.41, 5.74) is 2.26. The largest absolute Gasteiger partial charge is 0.511 e. The van der Waals surface area contributed by atoms with Crippen molar-refractivity contribution < 1.29 is 24.5 Å². The van der Waals surface area contributed by atoms with Crippen LogP contribution in [0.2, 0.25) is 0 Å². The number of aromatic carboxylic acids is 1. The van der Waals surface area contributed by atoms with E-state index in [-0.39, 0.29) is 11.3 Å². The summed E-state index contributed by atoms with van der Waals surface area (Å²) in [5, 5.41) is 18.9. The van der Waals surface area contributed by atoms with Crippen LogP contribution in [0.4, 0.5) is 4.79 Å². The fraction of sp³-hybridized carbons (Fsp3) is 0.0556. The maximum absolute atomic E-state index is 11.4. The van der Waals surface area contributed by atoms with E-state index in [1.807, 2.05) is 13.0 Å². The molecule has 2 N–H and O–H groups in total. The lowest BCUT2D eigenvalue weighted by Crippen LogP contribution is -2.05. The lowest BCUT2D eigenvalue weighted by molar-refractivity contribution is 0.0697. The summed E-state index contributed by atoms with van der Waals surface area (Å²) in [4.78, 5) is 26.9. The summed E-state index contributed by atoms with van der Waals surface area (Å²) < 4.78 is 4.87. The van der Waals surface area contributed by atoms with Crippen LogP contribution in [0, 0.1) is 6.92 Å². The van der Waals surface area contributed by atoms with Crippen molar-refractivity contribution in [2.45, 2.75) is 6.92 Å². The van der Waals surface area contributed by atoms with Crippen molar-refractivity contribution in [3.8, 4) is 17.0 Å². The van der Waals surface area contributed by atoms with Gasteiger partial charge in [-0.3, -0.25) is 0 Å². The van der Waals surface area contributed by atoms with E-state index in [9.17, 15) is 14.7 Å². The Morgan fingerprint density at radius 1 is 1.04 bits per heavy atom. The number of benzene rings is 2. The van der Waals surface area contributed by atoms with Crippen molar-refractivity contribution in [3.63, 3.8) is 0 Å². The number of fused-ring (bicyclic) bond motifs is 1. The molecule has 1 heterocycles. The van der Waals surface area contributed by atoms with Gasteiger partial charge in [-0.1, -0.05) is 29.8 Å². The van der Waals surface area contributed by atoms with Gasteiger partial charge in [-0.25, -0.2) is 14.6 Å². The van der Waals surface area contributed by atoms with Crippen molar-refractivity contribution in [2.24, 2.45) is 0 Å². The summed E-state index contributed by atoms with van der Waals surface area (Å²) in [6, 6.07) is 13.2. The van der Waals surface area contributed by atoms with Crippen molar-refractivity contribution in [3.05, 3.63) is 59.7 Å². The van der Waals surface area contributed by atoms with Crippen LogP contribution in [0.15, 0.2) is 48.5 Å². The molecule has 0 radical (unpaired) electrons. The fourth-order valence-corrected chi connectivity index (χ4v) is 2.52. The van der Waals surface area contributed by atoms with Crippen LogP contribution in [0.3, 0.4) is 0 Å². The highest BCUT2D eigenvalue weighted by atomic mass is 16.7. The number of aromatic nitrogens is 1. The van der Waals surface area contributed by atoms with E-state index in [2.05, 4.69) is 4.98 Å². The average molecular weight is 323 g/mol. The number of hydrogen-bond acceptors (Lipinski definition) is 4. The van der Waals surface area contributed by atoms with Gasteiger partial charge in [-0.15, -0.1) is 0 Å². The normalized spacial score (nSPS) is 10.5. The van der Waals surface area contributed by atoms with E-state index in [0.717, 1.165) is 5.56 Å². The minimum absolute atomic E-state index is 0.0812. The first kappa shape index (κ1) is 15.5. The molecule has 0 atom stereocenters. The lowest BCUT2D eigenvalue weighted by atomic mass is 10.0. The summed E-state index contributed by atoms with van der Waals surface area (Å²) in [5.74, 6) is -0.969. The number of hydrogen-bond donors (Lipinski definition) is 2. The fourth-order valence-electron chi connectivity index (χ4n) is 2.52. The Bertz CT molecular complexity index is 965. The molecule has 0 aliphatic rings. The SMILES string of the molecule is Cc1ccc2nc(-c3ccccc3C(=O)O)cc(OC(=O)O)c2c1. The smallest absolute Gasteiger partial charge is 0.478 e. The number of carbonyl (C=O) groups is 2. The topological polar surface area (TPSA) is 96.7 Å². The van der Waals surface area contributed by atoms with Crippen molar-refractivity contribution in [1.29, 1.82) is 0 Å². The Morgan fingerprint density at radius 2 is 1.79 bits per heavy atom. The zero-order valence-corrected chi connectivity index (χ0v) is 12.7. The van der Waals surface area contributed by atoms with Crippen LogP contribution in [0.1, 0.15) is 15.9 Å². The second-order valence-corrected chi connectivity index (χ2v) is 5.24. The molecule has 0 spiro atoms. The van der Waals surface area contributed by atoms with Gasteiger partial charge in [0, 0.05) is 17.0 Å². The third-order valence-corrected chi connectivity index (χ3v) is 3.56. The molecule has 1 aromatic heterocycles. The molecule has 120 valence electrons. The molecular formula is C18H13NO5. The molecule has 3 aromatic rings. The molecular weight excluding hydrogens is 310 g/mol. The summed E-state index contributed by atoms with van der Waals surface area (Å²) in [6.07, 6.45) is -1.44. The molecule has 0 bridgehead atoms. The first-order valence-electron chi connectivity index (χ1n) is 7.10. The van der Waals surface area contributed by atoms with E-state index in [4.69, 9.17) is 9.84 Å². The van der Waals surface area contributed by atoms with Gasteiger partial charge in [0.2, 0.25) is 0 Å². The standard InChI is InChI=1S/C18H13NO5/c1-10-6-7-14-13(8-10)16(24-18(22)23)9-15(19-14)11-4-2-3-5-12(11)17(20)21/h2-9H,1H3,(H,20,21)(H,22,23). The van der Waals surface area contributed by atoms with Crippen LogP contribution in [-0.2, 0) is 0 Å². The molecule has 0 saturated heterocycles. The predicted octanol–water partition coefficient (Wildman–Crippen LogP) is 3.97. The zero-order chi connectivity index (χ0) is 17.3. The van der Waals surface area contributed by atoms with Gasteiger partial charge < -0.3 is 14.9 Å². The third-order valence-electron chi connectivity index (χ3n) is 3.56. The minimum Gasteiger partial charge on any atom is -0.478 e. The quantitative estimate of drug-likeness (QED) is 0.708. The van der Waals surface area contributed by atoms with E-state index >= 15 is 0 Å². The first-order chi connectivity index (χ1) is 11.5. The highest BCUT2D eigenvalue weighted by Gasteiger charge is 2.16. The molecule has 3 rings (SSSR count). The van der Waals surface area contributed by atoms with Crippen molar-refractivity contribution >= 4 is 23.0 Å². The number of rotatable bonds is 3. The van der Waals surface area contributed by atoms with Crippen LogP contribution in [-0.4, -0.2) is 27.3 Å². The molecule has 0 saturated carbocycles. The van der Waals surface area contributed by atoms with E-state index < -0.39 is 12.1 Å². The first-order valence-corrected chi connectivity index (χ1v) is 7.10. The van der Waals surface area contributed by atoms with E-state index in [1.54, 1.807) is 30.3 Å². The van der Waals surface area contributed by atoms with Gasteiger partial charge in [0.15, 0.2) is 0 Å². The zero-order valence-electron chi connectivity index (χ0n) is 12.7. The van der Waals surface area contributed by atoms with Crippen LogP contribution >= 0.6 is 0 Å². The van der Waals surface area contributed by atoms with Crippen LogP contribution in [0.25, 0.3) is 22.2 Å². The van der Waals surface area contributed by atoms with Crippen molar-refractivity contribution in [1.82, 2.24) is 4.98 Å². The van der Waals surface area contributed by atoms with Crippen LogP contribution in [0.5, 0.6) is 5.75 Å². The molecule has 2 aromatic carbocycles. The Balaban J connectivity index is 2.29. The second kappa shape index (κ2) is 6.00. The molecule has 0 fully saturated rings. The summed E-state index contributed by atoms with van der Waals surface area (Å²) in [6.45, 7) is 1.87. The lowest BCUT2D eigenvalue weighted by Gasteiger charge is -2.11. The van der Waals surface area contributed by atoms with Gasteiger partial charge >= 0.3 is 12.1 Å². The number of ether oxygens (including phenoxy) is 1. The molecule has 0 aliphatic heterocycles. The molecule has 24 heavy (non-hydrogen) atoms. The highest BCUT2D eigenvalue weighted by molar-refractivity contribution is 5.97. The number of pyridine rings is 1. The van der Waals surface area contributed by atoms with E-state index in [1.165, 1.54) is 12.1 Å². The monoisotopic (exact) mass is 323 g/mol. The molecule has 0 aliphatic carbocycles. The highest BCUT2D eigenvalue weighted by Crippen LogP contribution is 2.32. The Hall–Kier alpha value is -3.41. The maximum atomic E-state index is 11.4. The van der Waals surface area contributed by atoms with Crippen LogP contribution < -0.4 is 4.74 Å². The van der Waals surface area contributed by atoms with E-state index in [0.29, 0.717) is 22.2 Å². The molecule has 0 amide bonds. The predicted molar refractivity (Wildman–Crippen MR) is 87.5 cm³/mol. The van der Waals surface area contributed by atoms with Gasteiger partial charge in [-0.2, -0.15) is 0 Å². The third kappa shape index (κ3) is 2.89. The van der Waals surface area contributed by atoms with Gasteiger partial charge in [0.1, 0.15) is 5.75 Å². The van der Waals surface area contributed by atoms with Gasteiger partial charge in [0.05, 0.1) is 16.8 Å². The van der Waals surface area contributed by atoms with Gasteiger partial charge in [0.25, 0.3) is 0 Å².